The average Bonchev–Trinajstić information content (AvgIpc) is 2.99. The molecule has 1 amide bonds. The Bertz CT molecular complexity index is 979. The normalized spacial score (nSPS) is 21.1. The number of amides is 1. The Kier molecular flexibility index (Phi) is 10.7. The van der Waals surface area contributed by atoms with E-state index in [1.54, 1.807) is 0 Å². The number of nitrogens with zero attached hydrogens (tertiary/aromatic N) is 3. The van der Waals surface area contributed by atoms with Gasteiger partial charge in [0, 0.05) is 49.8 Å². The summed E-state index contributed by atoms with van der Waals surface area (Å²) in [7, 11) is 0. The highest BCUT2D eigenvalue weighted by atomic mass is 35.5. The molecule has 2 saturated carbocycles. The zero-order chi connectivity index (χ0) is 26.9. The summed E-state index contributed by atoms with van der Waals surface area (Å²) >= 11 is 6.19. The molecule has 5 nitrogen and oxygen atoms in total. The van der Waals surface area contributed by atoms with Crippen LogP contribution in [-0.4, -0.2) is 78.6 Å². The molecular formula is C33H46ClN3O2. The molecule has 1 aliphatic heterocycles. The van der Waals surface area contributed by atoms with E-state index in [2.05, 4.69) is 57.2 Å². The Morgan fingerprint density at radius 2 is 1.36 bits per heavy atom. The molecule has 0 spiro atoms. The minimum atomic E-state index is 0.227. The standard InChI is InChI=1S/C33H46ClN3O2/c34-29-18-16-28(17-19-29)33(27-10-4-1-5-11-27)36-22-20-35(21-23-36)24-25-39-26-32(38)37(30-12-6-2-7-13-30)31-14-8-3-9-15-31/h1,4-5,10-11,16-19,30-31,33H,2-3,6-9,12-15,20-26H2. The van der Waals surface area contributed by atoms with E-state index in [-0.39, 0.29) is 18.6 Å². The summed E-state index contributed by atoms with van der Waals surface area (Å²) in [6.07, 6.45) is 12.4. The number of benzene rings is 2. The van der Waals surface area contributed by atoms with Crippen LogP contribution in [0.4, 0.5) is 0 Å². The van der Waals surface area contributed by atoms with Crippen LogP contribution in [0.3, 0.4) is 0 Å². The number of hydrogen-bond acceptors (Lipinski definition) is 4. The molecule has 1 atom stereocenters. The first-order valence-corrected chi connectivity index (χ1v) is 15.7. The summed E-state index contributed by atoms with van der Waals surface area (Å²) in [6, 6.07) is 20.2. The monoisotopic (exact) mass is 551 g/mol. The fourth-order valence-electron chi connectivity index (χ4n) is 6.99. The van der Waals surface area contributed by atoms with Gasteiger partial charge in [0.2, 0.25) is 5.91 Å². The quantitative estimate of drug-likeness (QED) is 0.313. The lowest BCUT2D eigenvalue weighted by Gasteiger charge is -2.42. The average molecular weight is 552 g/mol. The summed E-state index contributed by atoms with van der Waals surface area (Å²) in [4.78, 5) is 20.7. The molecule has 1 saturated heterocycles. The second-order valence-corrected chi connectivity index (χ2v) is 12.1. The first kappa shape index (κ1) is 28.6. The highest BCUT2D eigenvalue weighted by molar-refractivity contribution is 6.30. The van der Waals surface area contributed by atoms with Crippen LogP contribution < -0.4 is 0 Å². The van der Waals surface area contributed by atoms with Crippen molar-refractivity contribution in [2.45, 2.75) is 82.3 Å². The molecule has 0 radical (unpaired) electrons. The van der Waals surface area contributed by atoms with Crippen molar-refractivity contribution in [3.63, 3.8) is 0 Å². The number of halogens is 1. The fraction of sp³-hybridized carbons (Fsp3) is 0.606. The first-order valence-electron chi connectivity index (χ1n) is 15.3. The van der Waals surface area contributed by atoms with Gasteiger partial charge in [-0.25, -0.2) is 0 Å². The maximum absolute atomic E-state index is 13.4. The van der Waals surface area contributed by atoms with Crippen LogP contribution in [-0.2, 0) is 9.53 Å². The van der Waals surface area contributed by atoms with E-state index in [1.165, 1.54) is 75.3 Å². The molecule has 3 aliphatic rings. The third-order valence-electron chi connectivity index (χ3n) is 9.07. The van der Waals surface area contributed by atoms with E-state index in [0.717, 1.165) is 37.7 Å². The molecular weight excluding hydrogens is 506 g/mol. The van der Waals surface area contributed by atoms with Gasteiger partial charge in [-0.15, -0.1) is 0 Å². The molecule has 0 aromatic heterocycles. The van der Waals surface area contributed by atoms with Crippen molar-refractivity contribution in [1.82, 2.24) is 14.7 Å². The molecule has 2 aromatic carbocycles. The first-order chi connectivity index (χ1) is 19.2. The predicted molar refractivity (Wildman–Crippen MR) is 159 cm³/mol. The summed E-state index contributed by atoms with van der Waals surface area (Å²) < 4.78 is 6.03. The van der Waals surface area contributed by atoms with Gasteiger partial charge in [0.25, 0.3) is 0 Å². The summed E-state index contributed by atoms with van der Waals surface area (Å²) in [5.41, 5.74) is 2.59. The third-order valence-corrected chi connectivity index (χ3v) is 9.33. The van der Waals surface area contributed by atoms with Crippen LogP contribution in [0.2, 0.25) is 5.02 Å². The fourth-order valence-corrected chi connectivity index (χ4v) is 7.12. The maximum atomic E-state index is 13.4. The Balaban J connectivity index is 1.10. The molecule has 6 heteroatoms. The summed E-state index contributed by atoms with van der Waals surface area (Å²) in [6.45, 7) is 5.74. The van der Waals surface area contributed by atoms with Crippen LogP contribution in [0.5, 0.6) is 0 Å². The van der Waals surface area contributed by atoms with Gasteiger partial charge in [-0.3, -0.25) is 14.6 Å². The number of rotatable bonds is 10. The van der Waals surface area contributed by atoms with Crippen molar-refractivity contribution in [3.05, 3.63) is 70.7 Å². The minimum absolute atomic E-state index is 0.227. The zero-order valence-electron chi connectivity index (χ0n) is 23.5. The van der Waals surface area contributed by atoms with E-state index >= 15 is 0 Å². The molecule has 0 N–H and O–H groups in total. The van der Waals surface area contributed by atoms with Crippen molar-refractivity contribution < 1.29 is 9.53 Å². The summed E-state index contributed by atoms with van der Waals surface area (Å²) in [5.74, 6) is 0.229. The molecule has 39 heavy (non-hydrogen) atoms. The molecule has 212 valence electrons. The molecule has 1 unspecified atom stereocenters. The van der Waals surface area contributed by atoms with Crippen LogP contribution in [0.15, 0.2) is 54.6 Å². The van der Waals surface area contributed by atoms with E-state index in [9.17, 15) is 4.79 Å². The van der Waals surface area contributed by atoms with E-state index in [4.69, 9.17) is 16.3 Å². The van der Waals surface area contributed by atoms with Crippen molar-refractivity contribution >= 4 is 17.5 Å². The van der Waals surface area contributed by atoms with Crippen LogP contribution in [0.1, 0.15) is 81.4 Å². The molecule has 2 aromatic rings. The predicted octanol–water partition coefficient (Wildman–Crippen LogP) is 6.56. The third kappa shape index (κ3) is 7.85. The highest BCUT2D eigenvalue weighted by Gasteiger charge is 2.32. The highest BCUT2D eigenvalue weighted by Crippen LogP contribution is 2.31. The lowest BCUT2D eigenvalue weighted by Crippen LogP contribution is -2.50. The second kappa shape index (κ2) is 14.6. The van der Waals surface area contributed by atoms with E-state index < -0.39 is 0 Å². The number of carbonyl (C=O) groups is 1. The zero-order valence-corrected chi connectivity index (χ0v) is 24.2. The van der Waals surface area contributed by atoms with Gasteiger partial charge in [-0.2, -0.15) is 0 Å². The van der Waals surface area contributed by atoms with Crippen LogP contribution in [0.25, 0.3) is 0 Å². The Morgan fingerprint density at radius 1 is 0.795 bits per heavy atom. The van der Waals surface area contributed by atoms with Gasteiger partial charge in [0.15, 0.2) is 0 Å². The van der Waals surface area contributed by atoms with Crippen LogP contribution >= 0.6 is 11.6 Å². The van der Waals surface area contributed by atoms with Gasteiger partial charge in [-0.05, 0) is 48.9 Å². The van der Waals surface area contributed by atoms with Gasteiger partial charge < -0.3 is 9.64 Å². The Morgan fingerprint density at radius 3 is 1.95 bits per heavy atom. The topological polar surface area (TPSA) is 36.0 Å². The van der Waals surface area contributed by atoms with Gasteiger partial charge in [-0.1, -0.05) is 92.6 Å². The number of piperazine rings is 1. The molecule has 5 rings (SSSR count). The molecule has 3 fully saturated rings. The second-order valence-electron chi connectivity index (χ2n) is 11.7. The SMILES string of the molecule is O=C(COCCN1CCN(C(c2ccccc2)c2ccc(Cl)cc2)CC1)N(C1CCCCC1)C1CCCCC1. The van der Waals surface area contributed by atoms with Crippen molar-refractivity contribution in [1.29, 1.82) is 0 Å². The number of hydrogen-bond donors (Lipinski definition) is 0. The molecule has 1 heterocycles. The minimum Gasteiger partial charge on any atom is -0.370 e. The summed E-state index contributed by atoms with van der Waals surface area (Å²) in [5, 5.41) is 0.773. The maximum Gasteiger partial charge on any atom is 0.249 e. The van der Waals surface area contributed by atoms with Gasteiger partial charge >= 0.3 is 0 Å². The lowest BCUT2D eigenvalue weighted by atomic mass is 9.88. The van der Waals surface area contributed by atoms with Crippen molar-refractivity contribution in [3.8, 4) is 0 Å². The number of carbonyl (C=O) groups excluding carboxylic acids is 1. The molecule has 2 aliphatic carbocycles. The van der Waals surface area contributed by atoms with Gasteiger partial charge in [0.05, 0.1) is 12.6 Å². The van der Waals surface area contributed by atoms with Gasteiger partial charge in [0.1, 0.15) is 6.61 Å². The number of ether oxygens (including phenoxy) is 1. The smallest absolute Gasteiger partial charge is 0.249 e. The van der Waals surface area contributed by atoms with E-state index in [1.807, 2.05) is 12.1 Å². The van der Waals surface area contributed by atoms with Crippen molar-refractivity contribution in [2.24, 2.45) is 0 Å². The van der Waals surface area contributed by atoms with Crippen LogP contribution in [0, 0.1) is 0 Å². The largest absolute Gasteiger partial charge is 0.370 e. The van der Waals surface area contributed by atoms with E-state index in [0.29, 0.717) is 18.7 Å². The molecule has 0 bridgehead atoms. The Hall–Kier alpha value is -1.92. The Labute approximate surface area is 240 Å². The van der Waals surface area contributed by atoms with Crippen molar-refractivity contribution in [2.75, 3.05) is 45.9 Å². The lowest BCUT2D eigenvalue weighted by molar-refractivity contribution is -0.143.